The highest BCUT2D eigenvalue weighted by Gasteiger charge is 2.18. The predicted octanol–water partition coefficient (Wildman–Crippen LogP) is 15.1. The molecule has 0 aliphatic heterocycles. The molecule has 55 heavy (non-hydrogen) atoms. The minimum atomic E-state index is 1.11. The van der Waals surface area contributed by atoms with Crippen LogP contribution in [0.4, 0.5) is 17.1 Å². The lowest BCUT2D eigenvalue weighted by atomic mass is 9.99. The number of hydrogen-bond donors (Lipinski definition) is 0. The van der Waals surface area contributed by atoms with Gasteiger partial charge in [-0.3, -0.25) is 0 Å². The summed E-state index contributed by atoms with van der Waals surface area (Å²) in [6, 6.07) is 75.1. The van der Waals surface area contributed by atoms with Crippen molar-refractivity contribution in [3.8, 4) is 27.9 Å². The van der Waals surface area contributed by atoms with Gasteiger partial charge in [-0.25, -0.2) is 0 Å². The third kappa shape index (κ3) is 5.32. The Morgan fingerprint density at radius 3 is 1.67 bits per heavy atom. The van der Waals surface area contributed by atoms with Crippen molar-refractivity contribution in [3.63, 3.8) is 0 Å². The first kappa shape index (κ1) is 31.6. The minimum absolute atomic E-state index is 1.11. The summed E-state index contributed by atoms with van der Waals surface area (Å²) in [6.45, 7) is 0. The maximum Gasteiger partial charge on any atom is 0.0542 e. The average Bonchev–Trinajstić information content (AvgIpc) is 3.81. The molecule has 3 heteroatoms. The molecule has 11 rings (SSSR count). The largest absolute Gasteiger partial charge is 0.310 e. The lowest BCUT2D eigenvalue weighted by molar-refractivity contribution is 1.18. The zero-order valence-corrected chi connectivity index (χ0v) is 30.7. The molecule has 0 saturated heterocycles. The third-order valence-electron chi connectivity index (χ3n) is 11.0. The Hall–Kier alpha value is -6.94. The van der Waals surface area contributed by atoms with Crippen LogP contribution in [0.2, 0.25) is 0 Å². The lowest BCUT2D eigenvalue weighted by Gasteiger charge is -2.26. The van der Waals surface area contributed by atoms with Gasteiger partial charge in [-0.2, -0.15) is 0 Å². The van der Waals surface area contributed by atoms with Gasteiger partial charge in [0.15, 0.2) is 0 Å². The zero-order chi connectivity index (χ0) is 36.3. The number of aromatic nitrogens is 1. The maximum absolute atomic E-state index is 2.38. The van der Waals surface area contributed by atoms with Crippen molar-refractivity contribution < 1.29 is 0 Å². The summed E-state index contributed by atoms with van der Waals surface area (Å²) >= 11 is 1.89. The predicted molar refractivity (Wildman–Crippen MR) is 237 cm³/mol. The second-order valence-electron chi connectivity index (χ2n) is 14.2. The first-order valence-corrected chi connectivity index (χ1v) is 19.6. The van der Waals surface area contributed by atoms with Gasteiger partial charge in [-0.05, 0) is 106 Å². The van der Waals surface area contributed by atoms with Crippen LogP contribution >= 0.6 is 11.3 Å². The standard InChI is InChI=1S/C52H34N2S/c1-3-11-35(12-4-1)36-19-25-41(26-20-36)53(43-29-32-50-48(34-43)45-15-7-9-17-49(45)54(50)40-13-5-2-6-14-40)42-27-21-37(22-28-42)38-23-30-44-39(33-38)24-31-47-46-16-8-10-18-51(46)55-52(44)47/h1-34H. The average molecular weight is 719 g/mol. The van der Waals surface area contributed by atoms with Gasteiger partial charge in [-0.1, -0.05) is 133 Å². The summed E-state index contributed by atoms with van der Waals surface area (Å²) in [6.07, 6.45) is 0. The van der Waals surface area contributed by atoms with E-state index in [1.54, 1.807) is 0 Å². The van der Waals surface area contributed by atoms with Crippen LogP contribution in [-0.2, 0) is 0 Å². The van der Waals surface area contributed by atoms with Crippen LogP contribution in [0.25, 0.3) is 80.7 Å². The Morgan fingerprint density at radius 1 is 0.345 bits per heavy atom. The van der Waals surface area contributed by atoms with Gasteiger partial charge in [0.05, 0.1) is 11.0 Å². The number of benzene rings is 9. The molecule has 0 N–H and O–H groups in total. The number of anilines is 3. The molecule has 0 spiro atoms. The smallest absolute Gasteiger partial charge is 0.0542 e. The summed E-state index contributed by atoms with van der Waals surface area (Å²) in [5.74, 6) is 0. The van der Waals surface area contributed by atoms with E-state index < -0.39 is 0 Å². The molecule has 2 aromatic heterocycles. The third-order valence-corrected chi connectivity index (χ3v) is 12.2. The van der Waals surface area contributed by atoms with Crippen molar-refractivity contribution in [2.45, 2.75) is 0 Å². The molecule has 0 unspecified atom stereocenters. The van der Waals surface area contributed by atoms with Crippen molar-refractivity contribution in [3.05, 3.63) is 206 Å². The van der Waals surface area contributed by atoms with Crippen molar-refractivity contribution >= 4 is 81.1 Å². The number of hydrogen-bond acceptors (Lipinski definition) is 2. The molecule has 0 bridgehead atoms. The summed E-state index contributed by atoms with van der Waals surface area (Å²) < 4.78 is 5.07. The summed E-state index contributed by atoms with van der Waals surface area (Å²) in [4.78, 5) is 2.38. The molecule has 9 aromatic carbocycles. The fourth-order valence-corrected chi connectivity index (χ4v) is 9.57. The highest BCUT2D eigenvalue weighted by molar-refractivity contribution is 7.26. The van der Waals surface area contributed by atoms with Crippen LogP contribution in [0, 0.1) is 0 Å². The molecular weight excluding hydrogens is 685 g/mol. The van der Waals surface area contributed by atoms with Crippen molar-refractivity contribution in [1.82, 2.24) is 4.57 Å². The minimum Gasteiger partial charge on any atom is -0.310 e. The van der Waals surface area contributed by atoms with Crippen LogP contribution < -0.4 is 4.90 Å². The van der Waals surface area contributed by atoms with Crippen molar-refractivity contribution in [1.29, 1.82) is 0 Å². The molecule has 0 atom stereocenters. The zero-order valence-electron chi connectivity index (χ0n) is 29.9. The van der Waals surface area contributed by atoms with Gasteiger partial charge < -0.3 is 9.47 Å². The SMILES string of the molecule is c1ccc(-c2ccc(N(c3ccc(-c4ccc5c(ccc6c7ccccc7sc56)c4)cc3)c3ccc4c(c3)c3ccccc3n4-c3ccccc3)cc2)cc1. The summed E-state index contributed by atoms with van der Waals surface area (Å²) in [5, 5.41) is 7.72. The Bertz CT molecular complexity index is 3180. The second-order valence-corrected chi connectivity index (χ2v) is 15.2. The van der Waals surface area contributed by atoms with Crippen LogP contribution in [0.1, 0.15) is 0 Å². The highest BCUT2D eigenvalue weighted by Crippen LogP contribution is 2.42. The number of thiophene rings is 1. The fourth-order valence-electron chi connectivity index (χ4n) is 8.33. The summed E-state index contributed by atoms with van der Waals surface area (Å²) in [7, 11) is 0. The van der Waals surface area contributed by atoms with Crippen molar-refractivity contribution in [2.24, 2.45) is 0 Å². The van der Waals surface area contributed by atoms with E-state index in [0.29, 0.717) is 0 Å². The topological polar surface area (TPSA) is 8.17 Å². The Labute approximate surface area is 323 Å². The Balaban J connectivity index is 1.02. The molecule has 258 valence electrons. The first-order chi connectivity index (χ1) is 27.3. The van der Waals surface area contributed by atoms with Gasteiger partial charge in [0.25, 0.3) is 0 Å². The second kappa shape index (κ2) is 12.9. The molecule has 0 aliphatic rings. The molecule has 0 saturated carbocycles. The van der Waals surface area contributed by atoms with Crippen molar-refractivity contribution in [2.75, 3.05) is 4.90 Å². The number of nitrogens with zero attached hydrogens (tertiary/aromatic N) is 2. The molecule has 0 fully saturated rings. The number of fused-ring (bicyclic) bond motifs is 8. The van der Waals surface area contributed by atoms with E-state index in [9.17, 15) is 0 Å². The van der Waals surface area contributed by atoms with E-state index in [2.05, 4.69) is 216 Å². The molecule has 0 radical (unpaired) electrons. The Morgan fingerprint density at radius 2 is 0.909 bits per heavy atom. The van der Waals surface area contributed by atoms with E-state index in [-0.39, 0.29) is 0 Å². The molecule has 2 nitrogen and oxygen atoms in total. The van der Waals surface area contributed by atoms with Crippen LogP contribution in [-0.4, -0.2) is 4.57 Å². The van der Waals surface area contributed by atoms with Gasteiger partial charge in [0.1, 0.15) is 0 Å². The number of para-hydroxylation sites is 2. The normalized spacial score (nSPS) is 11.6. The quantitative estimate of drug-likeness (QED) is 0.166. The van der Waals surface area contributed by atoms with E-state index in [4.69, 9.17) is 0 Å². The van der Waals surface area contributed by atoms with E-state index in [1.807, 2.05) is 11.3 Å². The maximum atomic E-state index is 2.38. The molecule has 0 aliphatic carbocycles. The molecule has 2 heterocycles. The Kier molecular flexibility index (Phi) is 7.39. The lowest BCUT2D eigenvalue weighted by Crippen LogP contribution is -2.10. The number of rotatable bonds is 6. The molecule has 0 amide bonds. The first-order valence-electron chi connectivity index (χ1n) is 18.8. The van der Waals surface area contributed by atoms with E-state index in [0.717, 1.165) is 22.7 Å². The summed E-state index contributed by atoms with van der Waals surface area (Å²) in [5.41, 5.74) is 11.7. The van der Waals surface area contributed by atoms with Crippen LogP contribution in [0.3, 0.4) is 0 Å². The monoisotopic (exact) mass is 718 g/mol. The van der Waals surface area contributed by atoms with Gasteiger partial charge in [-0.15, -0.1) is 11.3 Å². The van der Waals surface area contributed by atoms with Gasteiger partial charge in [0.2, 0.25) is 0 Å². The molecule has 11 aromatic rings. The van der Waals surface area contributed by atoms with Crippen LogP contribution in [0.5, 0.6) is 0 Å². The highest BCUT2D eigenvalue weighted by atomic mass is 32.1. The fraction of sp³-hybridized carbons (Fsp3) is 0. The van der Waals surface area contributed by atoms with E-state index >= 15 is 0 Å². The van der Waals surface area contributed by atoms with Gasteiger partial charge in [0, 0.05) is 53.7 Å². The van der Waals surface area contributed by atoms with Gasteiger partial charge >= 0.3 is 0 Å². The van der Waals surface area contributed by atoms with E-state index in [1.165, 1.54) is 75.0 Å². The van der Waals surface area contributed by atoms with Crippen LogP contribution in [0.15, 0.2) is 206 Å². The molecular formula is C52H34N2S.